The summed E-state index contributed by atoms with van der Waals surface area (Å²) < 4.78 is 5.57. The molecule has 1 amide bonds. The second kappa shape index (κ2) is 4.31. The van der Waals surface area contributed by atoms with Crippen LogP contribution in [0.2, 0.25) is 0 Å². The maximum absolute atomic E-state index is 11.6. The number of benzene rings is 1. The molecule has 1 atom stereocenters. The van der Waals surface area contributed by atoms with Crippen LogP contribution in [0.5, 0.6) is 5.75 Å². The van der Waals surface area contributed by atoms with Gasteiger partial charge < -0.3 is 15.4 Å². The summed E-state index contributed by atoms with van der Waals surface area (Å²) in [5.74, 6) is 0.648. The van der Waals surface area contributed by atoms with Gasteiger partial charge in [0.25, 0.3) is 5.91 Å². The topological polar surface area (TPSA) is 50.4 Å². The molecule has 1 aliphatic heterocycles. The molecule has 0 radical (unpaired) electrons. The van der Waals surface area contributed by atoms with E-state index in [1.165, 1.54) is 0 Å². The van der Waals surface area contributed by atoms with Crippen molar-refractivity contribution in [3.05, 3.63) is 24.3 Å². The Hall–Kier alpha value is -1.55. The SMILES string of the molecule is CCNCC1Oc2ccccc2NC1=O. The molecule has 0 aromatic heterocycles. The fourth-order valence-corrected chi connectivity index (χ4v) is 1.50. The van der Waals surface area contributed by atoms with Crippen LogP contribution in [0.3, 0.4) is 0 Å². The Morgan fingerprint density at radius 1 is 1.47 bits per heavy atom. The minimum Gasteiger partial charge on any atom is -0.477 e. The zero-order valence-corrected chi connectivity index (χ0v) is 8.62. The van der Waals surface area contributed by atoms with Gasteiger partial charge in [0.1, 0.15) is 5.75 Å². The molecule has 4 heteroatoms. The van der Waals surface area contributed by atoms with E-state index in [1.54, 1.807) is 0 Å². The molecule has 1 aliphatic rings. The van der Waals surface area contributed by atoms with Crippen LogP contribution in [0.25, 0.3) is 0 Å². The average molecular weight is 206 g/mol. The van der Waals surface area contributed by atoms with Crippen molar-refractivity contribution in [3.63, 3.8) is 0 Å². The van der Waals surface area contributed by atoms with Gasteiger partial charge in [-0.15, -0.1) is 0 Å². The lowest BCUT2D eigenvalue weighted by Crippen LogP contribution is -2.43. The van der Waals surface area contributed by atoms with Crippen LogP contribution in [0, 0.1) is 0 Å². The molecule has 1 heterocycles. The van der Waals surface area contributed by atoms with Gasteiger partial charge in [0, 0.05) is 6.54 Å². The Bertz CT molecular complexity index is 365. The summed E-state index contributed by atoms with van der Waals surface area (Å²) in [7, 11) is 0. The van der Waals surface area contributed by atoms with Crippen molar-refractivity contribution >= 4 is 11.6 Å². The molecule has 2 rings (SSSR count). The van der Waals surface area contributed by atoms with E-state index < -0.39 is 6.10 Å². The van der Waals surface area contributed by atoms with E-state index in [-0.39, 0.29) is 5.91 Å². The third-order valence-electron chi connectivity index (χ3n) is 2.29. The Kier molecular flexibility index (Phi) is 2.87. The molecule has 0 fully saturated rings. The first-order valence-electron chi connectivity index (χ1n) is 5.08. The largest absolute Gasteiger partial charge is 0.477 e. The van der Waals surface area contributed by atoms with Crippen LogP contribution < -0.4 is 15.4 Å². The van der Waals surface area contributed by atoms with Crippen molar-refractivity contribution in [1.29, 1.82) is 0 Å². The summed E-state index contributed by atoms with van der Waals surface area (Å²) >= 11 is 0. The minimum absolute atomic E-state index is 0.0883. The highest BCUT2D eigenvalue weighted by molar-refractivity contribution is 5.97. The summed E-state index contributed by atoms with van der Waals surface area (Å²) in [6, 6.07) is 7.44. The molecule has 1 aromatic carbocycles. The lowest BCUT2D eigenvalue weighted by atomic mass is 10.2. The average Bonchev–Trinajstić information content (AvgIpc) is 2.26. The zero-order chi connectivity index (χ0) is 10.7. The van der Waals surface area contributed by atoms with E-state index in [4.69, 9.17) is 4.74 Å². The van der Waals surface area contributed by atoms with E-state index in [1.807, 2.05) is 31.2 Å². The third-order valence-corrected chi connectivity index (χ3v) is 2.29. The van der Waals surface area contributed by atoms with Crippen molar-refractivity contribution in [2.45, 2.75) is 13.0 Å². The van der Waals surface area contributed by atoms with Crippen molar-refractivity contribution in [1.82, 2.24) is 5.32 Å². The van der Waals surface area contributed by atoms with Gasteiger partial charge in [-0.1, -0.05) is 19.1 Å². The lowest BCUT2D eigenvalue weighted by molar-refractivity contribution is -0.123. The Morgan fingerprint density at radius 3 is 3.07 bits per heavy atom. The maximum atomic E-state index is 11.6. The number of ether oxygens (including phenoxy) is 1. The van der Waals surface area contributed by atoms with Gasteiger partial charge in [0.05, 0.1) is 5.69 Å². The highest BCUT2D eigenvalue weighted by Crippen LogP contribution is 2.28. The predicted octanol–water partition coefficient (Wildman–Crippen LogP) is 0.996. The summed E-state index contributed by atoms with van der Waals surface area (Å²) in [6.07, 6.45) is -0.431. The molecule has 0 spiro atoms. The van der Waals surface area contributed by atoms with Crippen LogP contribution >= 0.6 is 0 Å². The molecule has 0 aliphatic carbocycles. The number of hydrogen-bond donors (Lipinski definition) is 2. The Labute approximate surface area is 88.6 Å². The van der Waals surface area contributed by atoms with Gasteiger partial charge in [0.15, 0.2) is 6.10 Å². The van der Waals surface area contributed by atoms with Gasteiger partial charge in [0.2, 0.25) is 0 Å². The number of carbonyl (C=O) groups excluding carboxylic acids is 1. The fraction of sp³-hybridized carbons (Fsp3) is 0.364. The molecule has 0 saturated heterocycles. The van der Waals surface area contributed by atoms with Crippen LogP contribution in [-0.4, -0.2) is 25.1 Å². The van der Waals surface area contributed by atoms with Crippen LogP contribution in [0.4, 0.5) is 5.69 Å². The highest BCUT2D eigenvalue weighted by atomic mass is 16.5. The number of nitrogens with one attached hydrogen (secondary N) is 2. The van der Waals surface area contributed by atoms with Crippen molar-refractivity contribution < 1.29 is 9.53 Å². The molecule has 2 N–H and O–H groups in total. The molecule has 0 saturated carbocycles. The first kappa shape index (κ1) is 9.98. The second-order valence-corrected chi connectivity index (χ2v) is 3.40. The smallest absolute Gasteiger partial charge is 0.266 e. The molecule has 1 unspecified atom stereocenters. The predicted molar refractivity (Wildman–Crippen MR) is 58.0 cm³/mol. The van der Waals surface area contributed by atoms with E-state index in [9.17, 15) is 4.79 Å². The maximum Gasteiger partial charge on any atom is 0.266 e. The van der Waals surface area contributed by atoms with Gasteiger partial charge in [-0.05, 0) is 18.7 Å². The van der Waals surface area contributed by atoms with Crippen molar-refractivity contribution in [2.24, 2.45) is 0 Å². The number of carbonyl (C=O) groups is 1. The number of anilines is 1. The third kappa shape index (κ3) is 2.10. The fourth-order valence-electron chi connectivity index (χ4n) is 1.50. The first-order valence-corrected chi connectivity index (χ1v) is 5.08. The number of amides is 1. The molecular weight excluding hydrogens is 192 g/mol. The standard InChI is InChI=1S/C11H14N2O2/c1-2-12-7-10-11(14)13-8-5-3-4-6-9(8)15-10/h3-6,10,12H,2,7H2,1H3,(H,13,14). The molecular formula is C11H14N2O2. The first-order chi connectivity index (χ1) is 7.31. The molecule has 15 heavy (non-hydrogen) atoms. The molecule has 4 nitrogen and oxygen atoms in total. The van der Waals surface area contributed by atoms with Gasteiger partial charge in [-0.25, -0.2) is 0 Å². The molecule has 1 aromatic rings. The van der Waals surface area contributed by atoms with Gasteiger partial charge >= 0.3 is 0 Å². The summed E-state index contributed by atoms with van der Waals surface area (Å²) in [6.45, 7) is 3.36. The van der Waals surface area contributed by atoms with Gasteiger partial charge in [-0.3, -0.25) is 4.79 Å². The highest BCUT2D eigenvalue weighted by Gasteiger charge is 2.26. The van der Waals surface area contributed by atoms with E-state index in [2.05, 4.69) is 10.6 Å². The molecule has 0 bridgehead atoms. The summed E-state index contributed by atoms with van der Waals surface area (Å²) in [5, 5.41) is 5.91. The Morgan fingerprint density at radius 2 is 2.27 bits per heavy atom. The van der Waals surface area contributed by atoms with Crippen LogP contribution in [0.1, 0.15) is 6.92 Å². The quantitative estimate of drug-likeness (QED) is 0.775. The number of hydrogen-bond acceptors (Lipinski definition) is 3. The van der Waals surface area contributed by atoms with Crippen LogP contribution in [-0.2, 0) is 4.79 Å². The number of fused-ring (bicyclic) bond motifs is 1. The summed E-state index contributed by atoms with van der Waals surface area (Å²) in [4.78, 5) is 11.6. The zero-order valence-electron chi connectivity index (χ0n) is 8.62. The monoisotopic (exact) mass is 206 g/mol. The van der Waals surface area contributed by atoms with Crippen molar-refractivity contribution in [3.8, 4) is 5.75 Å². The van der Waals surface area contributed by atoms with Crippen LogP contribution in [0.15, 0.2) is 24.3 Å². The summed E-state index contributed by atoms with van der Waals surface area (Å²) in [5.41, 5.74) is 0.746. The van der Waals surface area contributed by atoms with E-state index >= 15 is 0 Å². The second-order valence-electron chi connectivity index (χ2n) is 3.40. The number of para-hydroxylation sites is 2. The van der Waals surface area contributed by atoms with E-state index in [0.29, 0.717) is 6.54 Å². The lowest BCUT2D eigenvalue weighted by Gasteiger charge is -2.25. The van der Waals surface area contributed by atoms with E-state index in [0.717, 1.165) is 18.0 Å². The van der Waals surface area contributed by atoms with Crippen molar-refractivity contribution in [2.75, 3.05) is 18.4 Å². The minimum atomic E-state index is -0.431. The number of rotatable bonds is 3. The van der Waals surface area contributed by atoms with Gasteiger partial charge in [-0.2, -0.15) is 0 Å². The Balaban J connectivity index is 2.11. The number of likely N-dealkylation sites (N-methyl/N-ethyl adjacent to an activating group) is 1. The normalized spacial score (nSPS) is 19.0. The molecule has 80 valence electrons.